The second-order valence-electron chi connectivity index (χ2n) is 11.6. The van der Waals surface area contributed by atoms with E-state index in [-0.39, 0.29) is 23.8 Å². The fourth-order valence-electron chi connectivity index (χ4n) is 5.87. The Morgan fingerprint density at radius 1 is 1.00 bits per heavy atom. The molecular weight excluding hydrogens is 514 g/mol. The normalized spacial score (nSPS) is 18.3. The fourth-order valence-corrected chi connectivity index (χ4v) is 5.87. The van der Waals surface area contributed by atoms with Crippen LogP contribution in [0.15, 0.2) is 54.6 Å². The van der Waals surface area contributed by atoms with Gasteiger partial charge >= 0.3 is 0 Å². The van der Waals surface area contributed by atoms with Gasteiger partial charge in [0.1, 0.15) is 0 Å². The van der Waals surface area contributed by atoms with E-state index in [1.54, 1.807) is 0 Å². The van der Waals surface area contributed by atoms with Gasteiger partial charge in [-0.15, -0.1) is 0 Å². The van der Waals surface area contributed by atoms with Gasteiger partial charge in [-0.1, -0.05) is 62.4 Å². The minimum Gasteiger partial charge on any atom is -0.353 e. The lowest BCUT2D eigenvalue weighted by atomic mass is 9.91. The van der Waals surface area contributed by atoms with E-state index < -0.39 is 0 Å². The summed E-state index contributed by atoms with van der Waals surface area (Å²) >= 11 is 0. The van der Waals surface area contributed by atoms with E-state index in [1.807, 2.05) is 64.2 Å². The topological polar surface area (TPSA) is 96.3 Å². The van der Waals surface area contributed by atoms with Gasteiger partial charge in [0.05, 0.1) is 0 Å². The third-order valence-corrected chi connectivity index (χ3v) is 8.10. The van der Waals surface area contributed by atoms with Crippen LogP contribution in [-0.2, 0) is 24.2 Å². The number of rotatable bonds is 5. The number of nitrogens with one attached hydrogen (secondary N) is 2. The van der Waals surface area contributed by atoms with Gasteiger partial charge in [0.2, 0.25) is 5.91 Å². The minimum absolute atomic E-state index is 0.0105. The number of aryl methyl sites for hydroxylation is 1. The molecule has 1 atom stereocenters. The van der Waals surface area contributed by atoms with Crippen molar-refractivity contribution in [2.75, 3.05) is 19.6 Å². The lowest BCUT2D eigenvalue weighted by molar-refractivity contribution is -0.122. The zero-order valence-corrected chi connectivity index (χ0v) is 24.2. The van der Waals surface area contributed by atoms with Crippen LogP contribution in [0.25, 0.3) is 11.1 Å². The summed E-state index contributed by atoms with van der Waals surface area (Å²) in [6.45, 7) is 6.55. The predicted octanol–water partition coefficient (Wildman–Crippen LogP) is 4.63. The van der Waals surface area contributed by atoms with E-state index in [4.69, 9.17) is 5.10 Å². The third-order valence-electron chi connectivity index (χ3n) is 8.10. The molecule has 2 aliphatic rings. The van der Waals surface area contributed by atoms with Crippen molar-refractivity contribution in [2.45, 2.75) is 71.4 Å². The number of hydrogen-bond donors (Lipinski definition) is 2. The van der Waals surface area contributed by atoms with Gasteiger partial charge < -0.3 is 15.5 Å². The molecule has 216 valence electrons. The highest BCUT2D eigenvalue weighted by Gasteiger charge is 2.30. The van der Waals surface area contributed by atoms with E-state index in [2.05, 4.69) is 24.5 Å². The number of amides is 3. The van der Waals surface area contributed by atoms with Gasteiger partial charge in [0.25, 0.3) is 11.8 Å². The molecule has 8 heteroatoms. The molecule has 41 heavy (non-hydrogen) atoms. The van der Waals surface area contributed by atoms with Crippen molar-refractivity contribution in [3.63, 3.8) is 0 Å². The first kappa shape index (κ1) is 28.6. The van der Waals surface area contributed by atoms with Crippen LogP contribution in [0.3, 0.4) is 0 Å². The molecule has 0 saturated carbocycles. The standard InChI is InChI=1S/C33H41N5O3/c1-23(2)17-21-38-29-16-15-25-22-28(29)31(36-38)32(40)34-18-9-20-37(19-8-14-30(39)35-25)33(41)27-13-7-6-12-26(27)24-10-4-3-5-11-24/h3-7,10-13,23,25H,8-9,14-22H2,1-2H3,(H,34,40)(H,35,39). The Morgan fingerprint density at radius 3 is 2.56 bits per heavy atom. The molecule has 2 bridgehead atoms. The molecule has 0 radical (unpaired) electrons. The van der Waals surface area contributed by atoms with E-state index in [0.717, 1.165) is 48.2 Å². The number of aromatic nitrogens is 2. The monoisotopic (exact) mass is 555 g/mol. The molecule has 0 fully saturated rings. The Balaban J connectivity index is 1.35. The molecule has 2 aromatic carbocycles. The van der Waals surface area contributed by atoms with Crippen molar-refractivity contribution >= 4 is 17.7 Å². The van der Waals surface area contributed by atoms with Crippen molar-refractivity contribution < 1.29 is 14.4 Å². The predicted molar refractivity (Wildman–Crippen MR) is 160 cm³/mol. The van der Waals surface area contributed by atoms with Crippen LogP contribution in [-0.4, -0.2) is 58.1 Å². The van der Waals surface area contributed by atoms with Crippen LogP contribution in [0.1, 0.15) is 78.1 Å². The van der Waals surface area contributed by atoms with Gasteiger partial charge in [-0.05, 0) is 61.6 Å². The Labute approximate surface area is 242 Å². The highest BCUT2D eigenvalue weighted by atomic mass is 16.2. The Kier molecular flexibility index (Phi) is 9.17. The zero-order chi connectivity index (χ0) is 28.8. The number of carbonyl (C=O) groups excluding carboxylic acids is 3. The first-order chi connectivity index (χ1) is 19.9. The maximum atomic E-state index is 13.8. The highest BCUT2D eigenvalue weighted by Crippen LogP contribution is 2.27. The summed E-state index contributed by atoms with van der Waals surface area (Å²) in [5.41, 5.74) is 5.08. The molecule has 1 aliphatic heterocycles. The Hall–Kier alpha value is -3.94. The number of hydrogen-bond acceptors (Lipinski definition) is 4. The van der Waals surface area contributed by atoms with Gasteiger partial charge in [-0.2, -0.15) is 5.10 Å². The average Bonchev–Trinajstić information content (AvgIpc) is 3.34. The molecule has 5 rings (SSSR count). The molecule has 0 saturated heterocycles. The second-order valence-corrected chi connectivity index (χ2v) is 11.6. The SMILES string of the molecule is CC(C)CCn1nc2c3c1CCC(C3)NC(=O)CCCN(C(=O)c1ccccc1-c1ccccc1)CCCNC2=O. The highest BCUT2D eigenvalue weighted by molar-refractivity contribution is 6.01. The minimum atomic E-state index is -0.182. The molecule has 1 unspecified atom stereocenters. The first-order valence-electron chi connectivity index (χ1n) is 15.0. The van der Waals surface area contributed by atoms with Crippen LogP contribution in [0.4, 0.5) is 0 Å². The summed E-state index contributed by atoms with van der Waals surface area (Å²) in [6.07, 6.45) is 4.77. The van der Waals surface area contributed by atoms with E-state index in [9.17, 15) is 14.4 Å². The van der Waals surface area contributed by atoms with Gasteiger partial charge in [-0.3, -0.25) is 19.1 Å². The van der Waals surface area contributed by atoms with Gasteiger partial charge in [0.15, 0.2) is 5.69 Å². The van der Waals surface area contributed by atoms with E-state index in [1.165, 1.54) is 0 Å². The summed E-state index contributed by atoms with van der Waals surface area (Å²) < 4.78 is 2.01. The second kappa shape index (κ2) is 13.1. The largest absolute Gasteiger partial charge is 0.353 e. The fraction of sp³-hybridized carbons (Fsp3) is 0.455. The number of benzene rings is 2. The molecule has 3 aromatic rings. The van der Waals surface area contributed by atoms with Crippen molar-refractivity contribution in [1.82, 2.24) is 25.3 Å². The van der Waals surface area contributed by atoms with Crippen molar-refractivity contribution in [3.8, 4) is 11.1 Å². The molecule has 3 amide bonds. The lowest BCUT2D eigenvalue weighted by Crippen LogP contribution is -2.40. The zero-order valence-electron chi connectivity index (χ0n) is 24.2. The Morgan fingerprint density at radius 2 is 1.76 bits per heavy atom. The summed E-state index contributed by atoms with van der Waals surface area (Å²) in [5, 5.41) is 11.0. The van der Waals surface area contributed by atoms with Crippen molar-refractivity contribution in [3.05, 3.63) is 77.1 Å². The van der Waals surface area contributed by atoms with Crippen molar-refractivity contribution in [1.29, 1.82) is 0 Å². The quantitative estimate of drug-likeness (QED) is 0.480. The molecule has 1 aliphatic carbocycles. The first-order valence-corrected chi connectivity index (χ1v) is 15.0. The van der Waals surface area contributed by atoms with Crippen LogP contribution in [0, 0.1) is 5.92 Å². The number of carbonyl (C=O) groups is 3. The van der Waals surface area contributed by atoms with E-state index in [0.29, 0.717) is 62.5 Å². The molecule has 2 N–H and O–H groups in total. The van der Waals surface area contributed by atoms with E-state index >= 15 is 0 Å². The van der Waals surface area contributed by atoms with Crippen LogP contribution in [0.5, 0.6) is 0 Å². The number of fused-ring (bicyclic) bond motifs is 1. The lowest BCUT2D eigenvalue weighted by Gasteiger charge is -2.25. The summed E-state index contributed by atoms with van der Waals surface area (Å²) in [5.74, 6) is 0.285. The molecule has 0 spiro atoms. The molecule has 1 aromatic heterocycles. The van der Waals surface area contributed by atoms with Crippen molar-refractivity contribution in [2.24, 2.45) is 5.92 Å². The maximum absolute atomic E-state index is 13.8. The smallest absolute Gasteiger partial charge is 0.272 e. The summed E-state index contributed by atoms with van der Waals surface area (Å²) in [6, 6.07) is 17.5. The Bertz CT molecular complexity index is 1380. The molecular formula is C33H41N5O3. The van der Waals surface area contributed by atoms with Gasteiger partial charge in [0, 0.05) is 55.5 Å². The molecule has 2 heterocycles. The van der Waals surface area contributed by atoms with Crippen LogP contribution >= 0.6 is 0 Å². The maximum Gasteiger partial charge on any atom is 0.272 e. The van der Waals surface area contributed by atoms with Gasteiger partial charge in [-0.25, -0.2) is 0 Å². The molecule has 8 nitrogen and oxygen atoms in total. The summed E-state index contributed by atoms with van der Waals surface area (Å²) in [7, 11) is 0. The number of nitrogens with zero attached hydrogens (tertiary/aromatic N) is 3. The third kappa shape index (κ3) is 6.87. The average molecular weight is 556 g/mol. The van der Waals surface area contributed by atoms with Crippen LogP contribution in [0.2, 0.25) is 0 Å². The summed E-state index contributed by atoms with van der Waals surface area (Å²) in [4.78, 5) is 41.9. The van der Waals surface area contributed by atoms with Crippen LogP contribution < -0.4 is 10.6 Å².